The van der Waals surface area contributed by atoms with Gasteiger partial charge in [-0.3, -0.25) is 0 Å². The van der Waals surface area contributed by atoms with Crippen LogP contribution >= 0.6 is 0 Å². The molecule has 0 saturated heterocycles. The van der Waals surface area contributed by atoms with Crippen molar-refractivity contribution in [2.75, 3.05) is 25.3 Å². The number of rotatable bonds is 5. The van der Waals surface area contributed by atoms with Crippen LogP contribution in [0.3, 0.4) is 0 Å². The molecule has 3 N–H and O–H groups in total. The minimum atomic E-state index is 0.501. The average Bonchev–Trinajstić information content (AvgIpc) is 2.64. The van der Waals surface area contributed by atoms with Crippen LogP contribution in [0.15, 0.2) is 48.7 Å². The molecular weight excluding hydrogens is 316 g/mol. The highest BCUT2D eigenvalue weighted by Crippen LogP contribution is 2.32. The summed E-state index contributed by atoms with van der Waals surface area (Å²) in [6, 6.07) is 13.2. The Morgan fingerprint density at radius 3 is 2.52 bits per heavy atom. The Bertz CT molecular complexity index is 896. The van der Waals surface area contributed by atoms with E-state index >= 15 is 0 Å². The maximum Gasteiger partial charge on any atom is 0.227 e. The first-order valence-electron chi connectivity index (χ1n) is 7.79. The smallest absolute Gasteiger partial charge is 0.227 e. The Balaban J connectivity index is 1.93. The van der Waals surface area contributed by atoms with E-state index in [0.29, 0.717) is 23.1 Å². The van der Waals surface area contributed by atoms with Gasteiger partial charge in [-0.05, 0) is 48.9 Å². The first-order valence-corrected chi connectivity index (χ1v) is 7.79. The van der Waals surface area contributed by atoms with Gasteiger partial charge in [-0.2, -0.15) is 0 Å². The lowest BCUT2D eigenvalue weighted by Crippen LogP contribution is -2.00. The fraction of sp³-hybridized carbons (Fsp3) is 0.158. The Morgan fingerprint density at radius 1 is 0.960 bits per heavy atom. The summed E-state index contributed by atoms with van der Waals surface area (Å²) < 4.78 is 10.6. The number of nitrogens with zero attached hydrogens (tertiary/aromatic N) is 2. The van der Waals surface area contributed by atoms with Crippen molar-refractivity contribution in [1.82, 2.24) is 9.97 Å². The molecule has 1 aromatic heterocycles. The molecule has 25 heavy (non-hydrogen) atoms. The summed E-state index contributed by atoms with van der Waals surface area (Å²) in [4.78, 5) is 8.87. The fourth-order valence-electron chi connectivity index (χ4n) is 2.47. The summed E-state index contributed by atoms with van der Waals surface area (Å²) >= 11 is 0. The minimum Gasteiger partial charge on any atom is -0.493 e. The number of methoxy groups -OCH3 is 2. The largest absolute Gasteiger partial charge is 0.493 e. The standard InChI is InChI=1S/C19H20N4O2/c1-12-4-6-14(20)11-16(12)23-19-21-9-8-15(22-19)13-5-7-17(24-2)18(10-13)25-3/h4-11H,20H2,1-3H3,(H,21,22,23). The van der Waals surface area contributed by atoms with Gasteiger partial charge in [0.25, 0.3) is 0 Å². The SMILES string of the molecule is COc1ccc(-c2ccnc(Nc3cc(N)ccc3C)n2)cc1OC. The summed E-state index contributed by atoms with van der Waals surface area (Å²) in [5.41, 5.74) is 10.2. The lowest BCUT2D eigenvalue weighted by atomic mass is 10.1. The van der Waals surface area contributed by atoms with Gasteiger partial charge in [-0.25, -0.2) is 9.97 Å². The van der Waals surface area contributed by atoms with Gasteiger partial charge in [-0.15, -0.1) is 0 Å². The van der Waals surface area contributed by atoms with Crippen molar-refractivity contribution in [1.29, 1.82) is 0 Å². The summed E-state index contributed by atoms with van der Waals surface area (Å²) in [5.74, 6) is 1.83. The second-order valence-electron chi connectivity index (χ2n) is 5.53. The molecule has 0 atom stereocenters. The van der Waals surface area contributed by atoms with Crippen LogP contribution in [-0.4, -0.2) is 24.2 Å². The molecule has 0 aliphatic carbocycles. The normalized spacial score (nSPS) is 10.4. The predicted molar refractivity (Wildman–Crippen MR) is 99.4 cm³/mol. The Morgan fingerprint density at radius 2 is 1.76 bits per heavy atom. The lowest BCUT2D eigenvalue weighted by molar-refractivity contribution is 0.355. The van der Waals surface area contributed by atoms with E-state index in [1.54, 1.807) is 20.4 Å². The molecule has 0 unspecified atom stereocenters. The maximum atomic E-state index is 5.85. The number of aromatic nitrogens is 2. The average molecular weight is 336 g/mol. The summed E-state index contributed by atoms with van der Waals surface area (Å²) in [6.07, 6.45) is 1.71. The molecule has 0 fully saturated rings. The molecule has 3 aromatic rings. The first-order chi connectivity index (χ1) is 12.1. The number of aryl methyl sites for hydroxylation is 1. The Labute approximate surface area is 146 Å². The minimum absolute atomic E-state index is 0.501. The van der Waals surface area contributed by atoms with E-state index < -0.39 is 0 Å². The molecule has 1 heterocycles. The number of anilines is 3. The van der Waals surface area contributed by atoms with Crippen LogP contribution in [0.1, 0.15) is 5.56 Å². The van der Waals surface area contributed by atoms with Crippen molar-refractivity contribution >= 4 is 17.3 Å². The van der Waals surface area contributed by atoms with Gasteiger partial charge in [0.1, 0.15) is 0 Å². The third-order valence-corrected chi connectivity index (χ3v) is 3.84. The van der Waals surface area contributed by atoms with Crippen molar-refractivity contribution in [3.8, 4) is 22.8 Å². The number of nitrogen functional groups attached to an aromatic ring is 1. The van der Waals surface area contributed by atoms with E-state index in [2.05, 4.69) is 15.3 Å². The third kappa shape index (κ3) is 3.63. The number of hydrogen-bond acceptors (Lipinski definition) is 6. The van der Waals surface area contributed by atoms with Gasteiger partial charge < -0.3 is 20.5 Å². The predicted octanol–water partition coefficient (Wildman–Crippen LogP) is 3.80. The zero-order valence-electron chi connectivity index (χ0n) is 14.4. The van der Waals surface area contributed by atoms with Crippen molar-refractivity contribution in [3.63, 3.8) is 0 Å². The number of ether oxygens (including phenoxy) is 2. The molecule has 6 heteroatoms. The summed E-state index contributed by atoms with van der Waals surface area (Å²) in [7, 11) is 3.22. The molecule has 6 nitrogen and oxygen atoms in total. The lowest BCUT2D eigenvalue weighted by Gasteiger charge is -2.11. The molecule has 2 aromatic carbocycles. The van der Waals surface area contributed by atoms with E-state index in [-0.39, 0.29) is 0 Å². The van der Waals surface area contributed by atoms with Gasteiger partial charge in [0.2, 0.25) is 5.95 Å². The Kier molecular flexibility index (Phi) is 4.70. The van der Waals surface area contributed by atoms with E-state index in [1.165, 1.54) is 0 Å². The first kappa shape index (κ1) is 16.6. The number of benzene rings is 2. The number of nitrogens with two attached hydrogens (primary N) is 1. The van der Waals surface area contributed by atoms with E-state index in [1.807, 2.05) is 49.4 Å². The summed E-state index contributed by atoms with van der Waals surface area (Å²) in [6.45, 7) is 2.00. The molecular formula is C19H20N4O2. The quantitative estimate of drug-likeness (QED) is 0.690. The van der Waals surface area contributed by atoms with E-state index in [0.717, 1.165) is 22.5 Å². The van der Waals surface area contributed by atoms with Crippen LogP contribution in [0, 0.1) is 6.92 Å². The molecule has 128 valence electrons. The van der Waals surface area contributed by atoms with Gasteiger partial charge in [0.05, 0.1) is 19.9 Å². The van der Waals surface area contributed by atoms with Gasteiger partial charge in [-0.1, -0.05) is 6.07 Å². The van der Waals surface area contributed by atoms with Gasteiger partial charge in [0.15, 0.2) is 11.5 Å². The maximum absolute atomic E-state index is 5.85. The zero-order chi connectivity index (χ0) is 17.8. The molecule has 0 saturated carbocycles. The van der Waals surface area contributed by atoms with Crippen molar-refractivity contribution < 1.29 is 9.47 Å². The topological polar surface area (TPSA) is 82.3 Å². The zero-order valence-corrected chi connectivity index (χ0v) is 14.4. The highest BCUT2D eigenvalue weighted by atomic mass is 16.5. The highest BCUT2D eigenvalue weighted by molar-refractivity contribution is 5.67. The molecule has 0 aliphatic rings. The fourth-order valence-corrected chi connectivity index (χ4v) is 2.47. The highest BCUT2D eigenvalue weighted by Gasteiger charge is 2.09. The van der Waals surface area contributed by atoms with Gasteiger partial charge >= 0.3 is 0 Å². The Hall–Kier alpha value is -3.28. The second-order valence-corrected chi connectivity index (χ2v) is 5.53. The molecule has 3 rings (SSSR count). The molecule has 0 aliphatic heterocycles. The van der Waals surface area contributed by atoms with E-state index in [9.17, 15) is 0 Å². The second kappa shape index (κ2) is 7.09. The van der Waals surface area contributed by atoms with Gasteiger partial charge in [0, 0.05) is 23.1 Å². The van der Waals surface area contributed by atoms with Crippen LogP contribution in [0.25, 0.3) is 11.3 Å². The van der Waals surface area contributed by atoms with Crippen LogP contribution in [0.4, 0.5) is 17.3 Å². The molecule has 0 amide bonds. The van der Waals surface area contributed by atoms with Crippen LogP contribution in [0.2, 0.25) is 0 Å². The monoisotopic (exact) mass is 336 g/mol. The third-order valence-electron chi connectivity index (χ3n) is 3.84. The van der Waals surface area contributed by atoms with Crippen LogP contribution < -0.4 is 20.5 Å². The van der Waals surface area contributed by atoms with Crippen molar-refractivity contribution in [2.45, 2.75) is 6.92 Å². The summed E-state index contributed by atoms with van der Waals surface area (Å²) in [5, 5.41) is 3.22. The molecule has 0 spiro atoms. The van der Waals surface area contributed by atoms with Crippen molar-refractivity contribution in [3.05, 3.63) is 54.2 Å². The molecule has 0 radical (unpaired) electrons. The number of nitrogens with one attached hydrogen (secondary N) is 1. The number of hydrogen-bond donors (Lipinski definition) is 2. The van der Waals surface area contributed by atoms with Crippen LogP contribution in [-0.2, 0) is 0 Å². The van der Waals surface area contributed by atoms with E-state index in [4.69, 9.17) is 15.2 Å². The van der Waals surface area contributed by atoms with Crippen molar-refractivity contribution in [2.24, 2.45) is 0 Å². The van der Waals surface area contributed by atoms with Crippen LogP contribution in [0.5, 0.6) is 11.5 Å². The molecule has 0 bridgehead atoms.